The van der Waals surface area contributed by atoms with Crippen LogP contribution in [0.1, 0.15) is 6.42 Å². The molecule has 0 amide bonds. The first-order chi connectivity index (χ1) is 8.59. The molecule has 6 unspecified atom stereocenters. The third-order valence-corrected chi connectivity index (χ3v) is 4.83. The zero-order valence-corrected chi connectivity index (χ0v) is 9.37. The van der Waals surface area contributed by atoms with Gasteiger partial charge < -0.3 is 4.74 Å². The molecule has 92 valence electrons. The lowest BCUT2D eigenvalue weighted by Crippen LogP contribution is -2.50. The number of Topliss-reactive ketones (excluding diaryl/α,β-unsaturated/α-hetero) is 2. The second-order valence-corrected chi connectivity index (χ2v) is 5.49. The molecule has 0 aromatic carbocycles. The summed E-state index contributed by atoms with van der Waals surface area (Å²) in [5, 5.41) is 0. The van der Waals surface area contributed by atoms with Crippen molar-refractivity contribution >= 4 is 23.5 Å². The van der Waals surface area contributed by atoms with Crippen molar-refractivity contribution in [1.82, 2.24) is 0 Å². The zero-order chi connectivity index (χ0) is 12.6. The summed E-state index contributed by atoms with van der Waals surface area (Å²) in [6, 6.07) is 0. The van der Waals surface area contributed by atoms with Gasteiger partial charge in [-0.3, -0.25) is 19.2 Å². The van der Waals surface area contributed by atoms with Crippen LogP contribution in [0.3, 0.4) is 0 Å². The monoisotopic (exact) mass is 246 g/mol. The van der Waals surface area contributed by atoms with Gasteiger partial charge in [0.05, 0.1) is 18.3 Å². The molecule has 1 saturated heterocycles. The minimum atomic E-state index is -0.552. The zero-order valence-electron chi connectivity index (χ0n) is 9.37. The molecule has 0 spiro atoms. The van der Waals surface area contributed by atoms with Crippen molar-refractivity contribution in [1.29, 1.82) is 0 Å². The van der Waals surface area contributed by atoms with Gasteiger partial charge in [0.15, 0.2) is 0 Å². The molecule has 0 radical (unpaired) electrons. The molecule has 5 aliphatic rings. The fourth-order valence-electron chi connectivity index (χ4n) is 4.22. The predicted octanol–water partition coefficient (Wildman–Crippen LogP) is -0.108. The average molecular weight is 246 g/mol. The Labute approximate surface area is 102 Å². The number of cyclic esters (lactones) is 2. The topological polar surface area (TPSA) is 77.5 Å². The van der Waals surface area contributed by atoms with E-state index in [1.165, 1.54) is 0 Å². The molecule has 0 aromatic heterocycles. The molecule has 0 N–H and O–H groups in total. The van der Waals surface area contributed by atoms with E-state index in [4.69, 9.17) is 0 Å². The first-order valence-electron chi connectivity index (χ1n) is 6.09. The fourth-order valence-corrected chi connectivity index (χ4v) is 4.22. The van der Waals surface area contributed by atoms with Crippen LogP contribution in [0.2, 0.25) is 0 Å². The minimum Gasteiger partial charge on any atom is -0.393 e. The van der Waals surface area contributed by atoms with Crippen LogP contribution in [0.5, 0.6) is 0 Å². The Morgan fingerprint density at radius 1 is 0.778 bits per heavy atom. The summed E-state index contributed by atoms with van der Waals surface area (Å²) in [6.07, 6.45) is 3.60. The highest BCUT2D eigenvalue weighted by Gasteiger charge is 2.66. The van der Waals surface area contributed by atoms with Gasteiger partial charge in [-0.05, 0) is 0 Å². The molecule has 4 aliphatic carbocycles. The van der Waals surface area contributed by atoms with E-state index in [9.17, 15) is 19.2 Å². The maximum absolute atomic E-state index is 11.9. The quantitative estimate of drug-likeness (QED) is 0.338. The van der Waals surface area contributed by atoms with Crippen LogP contribution in [-0.4, -0.2) is 23.5 Å². The van der Waals surface area contributed by atoms with E-state index in [0.29, 0.717) is 0 Å². The average Bonchev–Trinajstić information content (AvgIpc) is 2.81. The van der Waals surface area contributed by atoms with Crippen LogP contribution in [0.4, 0.5) is 0 Å². The summed E-state index contributed by atoms with van der Waals surface area (Å²) < 4.78 is 4.68. The molecule has 2 bridgehead atoms. The number of ketones is 2. The van der Waals surface area contributed by atoms with Gasteiger partial charge in [0.1, 0.15) is 11.6 Å². The van der Waals surface area contributed by atoms with Crippen molar-refractivity contribution in [3.8, 4) is 0 Å². The van der Waals surface area contributed by atoms with Gasteiger partial charge >= 0.3 is 11.9 Å². The lowest BCUT2D eigenvalue weighted by atomic mass is 9.54. The number of ether oxygens (including phenoxy) is 1. The maximum atomic E-state index is 11.9. The Bertz CT molecular complexity index is 458. The summed E-state index contributed by atoms with van der Waals surface area (Å²) in [7, 11) is 0. The van der Waals surface area contributed by atoms with Crippen LogP contribution in [0.25, 0.3) is 0 Å². The second kappa shape index (κ2) is 2.96. The Hall–Kier alpha value is -1.78. The number of hydrogen-bond donors (Lipinski definition) is 0. The van der Waals surface area contributed by atoms with Crippen LogP contribution < -0.4 is 0 Å². The number of allylic oxidation sites excluding steroid dienone is 2. The molecule has 2 saturated carbocycles. The molecule has 0 aromatic rings. The van der Waals surface area contributed by atoms with Crippen molar-refractivity contribution in [2.75, 3.05) is 0 Å². The van der Waals surface area contributed by atoms with Crippen molar-refractivity contribution in [3.05, 3.63) is 12.2 Å². The number of carbonyl (C=O) groups is 4. The molecule has 6 atom stereocenters. The number of hydrogen-bond acceptors (Lipinski definition) is 5. The largest absolute Gasteiger partial charge is 0.393 e. The lowest BCUT2D eigenvalue weighted by molar-refractivity contribution is -0.154. The van der Waals surface area contributed by atoms with Crippen molar-refractivity contribution in [2.24, 2.45) is 35.5 Å². The van der Waals surface area contributed by atoms with E-state index in [1.54, 1.807) is 0 Å². The highest BCUT2D eigenvalue weighted by Crippen LogP contribution is 2.57. The van der Waals surface area contributed by atoms with Crippen molar-refractivity contribution in [2.45, 2.75) is 6.42 Å². The predicted molar refractivity (Wildman–Crippen MR) is 55.8 cm³/mol. The van der Waals surface area contributed by atoms with E-state index >= 15 is 0 Å². The van der Waals surface area contributed by atoms with Gasteiger partial charge in [-0.1, -0.05) is 12.2 Å². The van der Waals surface area contributed by atoms with Crippen molar-refractivity contribution in [3.63, 3.8) is 0 Å². The summed E-state index contributed by atoms with van der Waals surface area (Å²) in [5.41, 5.74) is 0. The number of rotatable bonds is 0. The van der Waals surface area contributed by atoms with E-state index < -0.39 is 35.6 Å². The van der Waals surface area contributed by atoms with E-state index in [0.717, 1.165) is 0 Å². The molecule has 5 rings (SSSR count). The number of esters is 2. The lowest BCUT2D eigenvalue weighted by Gasteiger charge is -2.44. The molecule has 1 heterocycles. The molecule has 18 heavy (non-hydrogen) atoms. The minimum absolute atomic E-state index is 0.0489. The number of carbonyl (C=O) groups excluding carboxylic acids is 4. The SMILES string of the molecule is O=C1CC(=O)C2C3C=CC(C12)C1C(=O)OC(=O)C31. The van der Waals surface area contributed by atoms with E-state index in [-0.39, 0.29) is 29.8 Å². The second-order valence-electron chi connectivity index (χ2n) is 5.49. The summed E-state index contributed by atoms with van der Waals surface area (Å²) in [4.78, 5) is 47.2. The molecular formula is C13H10O5. The van der Waals surface area contributed by atoms with Gasteiger partial charge in [0.25, 0.3) is 0 Å². The van der Waals surface area contributed by atoms with Crippen molar-refractivity contribution < 1.29 is 23.9 Å². The highest BCUT2D eigenvalue weighted by molar-refractivity contribution is 6.11. The standard InChI is InChI=1S/C13H10O5/c14-6-3-7(15)9-5-2-1-4(8(6)9)10-11(5)13(17)18-12(10)16/h1-2,4-5,8-11H,3H2. The highest BCUT2D eigenvalue weighted by atomic mass is 16.6. The summed E-state index contributed by atoms with van der Waals surface area (Å²) in [6.45, 7) is 0. The summed E-state index contributed by atoms with van der Waals surface area (Å²) >= 11 is 0. The fraction of sp³-hybridized carbons (Fsp3) is 0.538. The van der Waals surface area contributed by atoms with Crippen LogP contribution in [0.15, 0.2) is 12.2 Å². The Morgan fingerprint density at radius 3 is 1.67 bits per heavy atom. The van der Waals surface area contributed by atoms with E-state index in [2.05, 4.69) is 4.74 Å². The Morgan fingerprint density at radius 2 is 1.22 bits per heavy atom. The first-order valence-corrected chi connectivity index (χ1v) is 6.09. The van der Waals surface area contributed by atoms with Crippen LogP contribution in [0, 0.1) is 35.5 Å². The molecule has 1 aliphatic heterocycles. The van der Waals surface area contributed by atoms with Gasteiger partial charge in [-0.15, -0.1) is 0 Å². The third-order valence-electron chi connectivity index (χ3n) is 4.83. The Balaban J connectivity index is 1.88. The normalized spacial score (nSPS) is 48.4. The van der Waals surface area contributed by atoms with Crippen LogP contribution in [-0.2, 0) is 23.9 Å². The maximum Gasteiger partial charge on any atom is 0.318 e. The Kier molecular flexibility index (Phi) is 1.68. The molecular weight excluding hydrogens is 236 g/mol. The molecule has 5 heteroatoms. The smallest absolute Gasteiger partial charge is 0.318 e. The van der Waals surface area contributed by atoms with Gasteiger partial charge in [0, 0.05) is 23.7 Å². The van der Waals surface area contributed by atoms with Gasteiger partial charge in [-0.25, -0.2) is 0 Å². The van der Waals surface area contributed by atoms with Gasteiger partial charge in [0.2, 0.25) is 0 Å². The first kappa shape index (κ1) is 10.2. The summed E-state index contributed by atoms with van der Waals surface area (Å²) in [5.74, 6) is -3.83. The third kappa shape index (κ3) is 0.947. The molecule has 3 fully saturated rings. The molecule has 5 nitrogen and oxygen atoms in total. The van der Waals surface area contributed by atoms with E-state index in [1.807, 2.05) is 12.2 Å². The van der Waals surface area contributed by atoms with Gasteiger partial charge in [-0.2, -0.15) is 0 Å². The van der Waals surface area contributed by atoms with Crippen LogP contribution >= 0.6 is 0 Å².